The third kappa shape index (κ3) is 3.76. The van der Waals surface area contributed by atoms with Crippen LogP contribution in [0.5, 0.6) is 0 Å². The van der Waals surface area contributed by atoms with Gasteiger partial charge in [0.05, 0.1) is 12.7 Å². The highest BCUT2D eigenvalue weighted by Crippen LogP contribution is 2.37. The van der Waals surface area contributed by atoms with E-state index in [0.29, 0.717) is 10.8 Å². The minimum atomic E-state index is -4.62. The van der Waals surface area contributed by atoms with Crippen molar-refractivity contribution in [2.24, 2.45) is 0 Å². The molecule has 0 aliphatic rings. The van der Waals surface area contributed by atoms with Crippen LogP contribution < -0.4 is 4.72 Å². The van der Waals surface area contributed by atoms with Crippen LogP contribution in [0, 0.1) is 0 Å². The number of carbonyl (C=O) groups is 1. The Morgan fingerprint density at radius 3 is 2.48 bits per heavy atom. The van der Waals surface area contributed by atoms with Gasteiger partial charge in [0.15, 0.2) is 0 Å². The Bertz CT molecular complexity index is 1120. The van der Waals surface area contributed by atoms with E-state index >= 15 is 0 Å². The summed E-state index contributed by atoms with van der Waals surface area (Å²) in [4.78, 5) is 11.6. The molecule has 5 nitrogen and oxygen atoms in total. The van der Waals surface area contributed by atoms with Crippen molar-refractivity contribution in [1.82, 2.24) is 0 Å². The van der Waals surface area contributed by atoms with Crippen LogP contribution in [0.1, 0.15) is 15.2 Å². The fourth-order valence-electron chi connectivity index (χ4n) is 2.48. The second kappa shape index (κ2) is 6.86. The number of sulfonamides is 1. The van der Waals surface area contributed by atoms with Crippen molar-refractivity contribution in [1.29, 1.82) is 0 Å². The molecule has 0 radical (unpaired) electrons. The van der Waals surface area contributed by atoms with Crippen molar-refractivity contribution in [2.75, 3.05) is 11.8 Å². The molecule has 0 aliphatic heterocycles. The van der Waals surface area contributed by atoms with E-state index in [4.69, 9.17) is 0 Å². The van der Waals surface area contributed by atoms with Crippen LogP contribution in [0.15, 0.2) is 53.4 Å². The Morgan fingerprint density at radius 2 is 1.81 bits per heavy atom. The maximum Gasteiger partial charge on any atom is 0.416 e. The number of esters is 1. The van der Waals surface area contributed by atoms with Crippen LogP contribution in [0.25, 0.3) is 10.1 Å². The Morgan fingerprint density at radius 1 is 1.11 bits per heavy atom. The zero-order valence-electron chi connectivity index (χ0n) is 13.7. The molecule has 1 heterocycles. The number of hydrogen-bond acceptors (Lipinski definition) is 5. The molecule has 3 aromatic rings. The van der Waals surface area contributed by atoms with E-state index in [0.717, 1.165) is 30.6 Å². The molecular weight excluding hydrogens is 403 g/mol. The average molecular weight is 415 g/mol. The van der Waals surface area contributed by atoms with Gasteiger partial charge in [-0.15, -0.1) is 11.3 Å². The van der Waals surface area contributed by atoms with Crippen molar-refractivity contribution >= 4 is 43.1 Å². The number of hydrogen-bond donors (Lipinski definition) is 1. The first-order valence-electron chi connectivity index (χ1n) is 7.43. The van der Waals surface area contributed by atoms with E-state index < -0.39 is 27.7 Å². The molecule has 0 spiro atoms. The second-order valence-electron chi connectivity index (χ2n) is 5.43. The topological polar surface area (TPSA) is 72.5 Å². The average Bonchev–Trinajstić information content (AvgIpc) is 3.00. The quantitative estimate of drug-likeness (QED) is 0.637. The van der Waals surface area contributed by atoms with Gasteiger partial charge in [0.2, 0.25) is 0 Å². The van der Waals surface area contributed by atoms with E-state index in [2.05, 4.69) is 9.46 Å². The van der Waals surface area contributed by atoms with E-state index in [1.807, 2.05) is 0 Å². The molecule has 0 atom stereocenters. The highest BCUT2D eigenvalue weighted by molar-refractivity contribution is 7.93. The maximum atomic E-state index is 12.9. The molecule has 3 rings (SSSR count). The van der Waals surface area contributed by atoms with E-state index in [1.165, 1.54) is 12.1 Å². The summed E-state index contributed by atoms with van der Waals surface area (Å²) in [6.07, 6.45) is -4.62. The summed E-state index contributed by atoms with van der Waals surface area (Å²) in [5, 5.41) is 0.280. The van der Waals surface area contributed by atoms with Crippen LogP contribution >= 0.6 is 11.3 Å². The summed E-state index contributed by atoms with van der Waals surface area (Å²) < 4.78 is 71.6. The lowest BCUT2D eigenvalue weighted by atomic mass is 10.2. The van der Waals surface area contributed by atoms with Gasteiger partial charge in [0.1, 0.15) is 9.77 Å². The highest BCUT2D eigenvalue weighted by atomic mass is 32.2. The predicted octanol–water partition coefficient (Wildman–Crippen LogP) is 4.51. The van der Waals surface area contributed by atoms with Crippen molar-refractivity contribution in [3.8, 4) is 0 Å². The number of nitrogens with one attached hydrogen (secondary N) is 1. The summed E-state index contributed by atoms with van der Waals surface area (Å²) in [5.74, 6) is -0.847. The molecular formula is C17H12F3NO4S2. The molecule has 0 aliphatic carbocycles. The second-order valence-corrected chi connectivity index (χ2v) is 8.10. The third-order valence-electron chi connectivity index (χ3n) is 3.63. The number of alkyl halides is 3. The number of thiophene rings is 1. The van der Waals surface area contributed by atoms with E-state index in [-0.39, 0.29) is 20.8 Å². The first-order valence-corrected chi connectivity index (χ1v) is 9.73. The maximum absolute atomic E-state index is 12.9. The number of fused-ring (bicyclic) bond motifs is 1. The van der Waals surface area contributed by atoms with Crippen LogP contribution in [0.4, 0.5) is 18.9 Å². The van der Waals surface area contributed by atoms with Gasteiger partial charge in [0, 0.05) is 15.8 Å². The number of methoxy groups -OCH3 is 1. The minimum Gasteiger partial charge on any atom is -0.465 e. The molecule has 0 fully saturated rings. The van der Waals surface area contributed by atoms with Crippen molar-refractivity contribution in [3.63, 3.8) is 0 Å². The summed E-state index contributed by atoms with van der Waals surface area (Å²) in [6, 6.07) is 10.2. The molecule has 10 heteroatoms. The minimum absolute atomic E-state index is 0.154. The highest BCUT2D eigenvalue weighted by Gasteiger charge is 2.32. The van der Waals surface area contributed by atoms with E-state index in [9.17, 15) is 26.4 Å². The largest absolute Gasteiger partial charge is 0.465 e. The van der Waals surface area contributed by atoms with Crippen LogP contribution in [-0.4, -0.2) is 21.5 Å². The number of halogens is 3. The summed E-state index contributed by atoms with van der Waals surface area (Å²) in [5.41, 5.74) is -1.26. The van der Waals surface area contributed by atoms with Gasteiger partial charge in [-0.1, -0.05) is 24.3 Å². The Hall–Kier alpha value is -2.59. The zero-order valence-corrected chi connectivity index (χ0v) is 15.3. The molecule has 0 saturated heterocycles. The van der Waals surface area contributed by atoms with Gasteiger partial charge in [-0.25, -0.2) is 13.2 Å². The molecule has 0 unspecified atom stereocenters. The summed E-state index contributed by atoms with van der Waals surface area (Å²) in [6.45, 7) is 0. The third-order valence-corrected chi connectivity index (χ3v) is 6.38. The lowest BCUT2D eigenvalue weighted by molar-refractivity contribution is -0.137. The SMILES string of the molecule is COC(=O)c1sc2ccccc2c1S(=O)(=O)Nc1cccc(C(F)(F)F)c1. The Labute approximate surface area is 156 Å². The molecule has 142 valence electrons. The number of carbonyl (C=O) groups excluding carboxylic acids is 1. The standard InChI is InChI=1S/C17H12F3NO4S2/c1-25-16(22)14-15(12-7-2-3-8-13(12)26-14)27(23,24)21-11-6-4-5-10(9-11)17(18,19)20/h2-9,21H,1H3. The van der Waals surface area contributed by atoms with Crippen molar-refractivity contribution < 1.29 is 31.1 Å². The predicted molar refractivity (Wildman–Crippen MR) is 95.4 cm³/mol. The molecule has 0 bridgehead atoms. The fourth-order valence-corrected chi connectivity index (χ4v) is 5.35. The van der Waals surface area contributed by atoms with Crippen LogP contribution in [0.3, 0.4) is 0 Å². The van der Waals surface area contributed by atoms with Crippen molar-refractivity contribution in [2.45, 2.75) is 11.1 Å². The summed E-state index contributed by atoms with van der Waals surface area (Å²) in [7, 11) is -3.24. The molecule has 1 aromatic heterocycles. The number of rotatable bonds is 4. The van der Waals surface area contributed by atoms with Gasteiger partial charge < -0.3 is 4.74 Å². The van der Waals surface area contributed by atoms with E-state index in [1.54, 1.807) is 18.2 Å². The van der Waals surface area contributed by atoms with Gasteiger partial charge in [-0.3, -0.25) is 4.72 Å². The zero-order chi connectivity index (χ0) is 19.8. The first kappa shape index (κ1) is 19.2. The molecule has 27 heavy (non-hydrogen) atoms. The number of anilines is 1. The Kier molecular flexibility index (Phi) is 4.87. The van der Waals surface area contributed by atoms with Gasteiger partial charge in [0.25, 0.3) is 10.0 Å². The molecule has 0 saturated carbocycles. The van der Waals surface area contributed by atoms with Gasteiger partial charge >= 0.3 is 12.1 Å². The molecule has 1 N–H and O–H groups in total. The van der Waals surface area contributed by atoms with Crippen molar-refractivity contribution in [3.05, 3.63) is 59.0 Å². The monoisotopic (exact) mass is 415 g/mol. The molecule has 2 aromatic carbocycles. The molecule has 0 amide bonds. The normalized spacial score (nSPS) is 12.1. The first-order chi connectivity index (χ1) is 12.6. The number of ether oxygens (including phenoxy) is 1. The summed E-state index contributed by atoms with van der Waals surface area (Å²) >= 11 is 0.928. The Balaban J connectivity index is 2.12. The van der Waals surface area contributed by atoms with Gasteiger partial charge in [-0.05, 0) is 24.3 Å². The lowest BCUT2D eigenvalue weighted by Gasteiger charge is -2.12. The van der Waals surface area contributed by atoms with Crippen LogP contribution in [0.2, 0.25) is 0 Å². The lowest BCUT2D eigenvalue weighted by Crippen LogP contribution is -2.16. The fraction of sp³-hybridized carbons (Fsp3) is 0.118. The van der Waals surface area contributed by atoms with Crippen LogP contribution in [-0.2, 0) is 20.9 Å². The smallest absolute Gasteiger partial charge is 0.416 e. The number of benzene rings is 2. The van der Waals surface area contributed by atoms with Gasteiger partial charge in [-0.2, -0.15) is 13.2 Å².